The fourth-order valence-electron chi connectivity index (χ4n) is 3.59. The van der Waals surface area contributed by atoms with Gasteiger partial charge in [0.2, 0.25) is 0 Å². The highest BCUT2D eigenvalue weighted by Gasteiger charge is 2.38. The standard InChI is InChI=1S/C15H19F3N2/c16-15(17,18)11-6-5-10-9-20(12-3-1-2-4-12)14(8-19)13(10)7-11/h5-7,12,14H,1-4,8-9,19H2. The zero-order chi connectivity index (χ0) is 14.3. The number of alkyl halides is 3. The van der Waals surface area contributed by atoms with Crippen molar-refractivity contribution in [3.63, 3.8) is 0 Å². The lowest BCUT2D eigenvalue weighted by atomic mass is 10.0. The van der Waals surface area contributed by atoms with Crippen LogP contribution in [0.15, 0.2) is 18.2 Å². The summed E-state index contributed by atoms with van der Waals surface area (Å²) in [5.74, 6) is 0. The number of halogens is 3. The zero-order valence-electron chi connectivity index (χ0n) is 11.3. The van der Waals surface area contributed by atoms with Gasteiger partial charge in [0.15, 0.2) is 0 Å². The molecule has 3 rings (SSSR count). The van der Waals surface area contributed by atoms with Crippen LogP contribution in [0.25, 0.3) is 0 Å². The molecule has 1 saturated carbocycles. The van der Waals surface area contributed by atoms with Crippen molar-refractivity contribution in [3.05, 3.63) is 34.9 Å². The maximum absolute atomic E-state index is 12.8. The fourth-order valence-corrected chi connectivity index (χ4v) is 3.59. The number of hydrogen-bond donors (Lipinski definition) is 1. The van der Waals surface area contributed by atoms with E-state index < -0.39 is 11.7 Å². The molecular weight excluding hydrogens is 265 g/mol. The van der Waals surface area contributed by atoms with E-state index in [1.807, 2.05) is 0 Å². The monoisotopic (exact) mass is 284 g/mol. The second kappa shape index (κ2) is 5.04. The van der Waals surface area contributed by atoms with E-state index in [1.54, 1.807) is 6.07 Å². The molecule has 110 valence electrons. The molecule has 0 amide bonds. The van der Waals surface area contributed by atoms with Gasteiger partial charge in [-0.15, -0.1) is 0 Å². The first-order chi connectivity index (χ1) is 9.50. The van der Waals surface area contributed by atoms with E-state index in [0.717, 1.165) is 30.5 Å². The molecule has 0 aromatic heterocycles. The van der Waals surface area contributed by atoms with Crippen LogP contribution >= 0.6 is 0 Å². The third-order valence-corrected chi connectivity index (χ3v) is 4.60. The molecule has 1 aromatic carbocycles. The van der Waals surface area contributed by atoms with Gasteiger partial charge in [0.25, 0.3) is 0 Å². The van der Waals surface area contributed by atoms with E-state index in [-0.39, 0.29) is 6.04 Å². The summed E-state index contributed by atoms with van der Waals surface area (Å²) < 4.78 is 38.5. The molecule has 5 heteroatoms. The van der Waals surface area contributed by atoms with Gasteiger partial charge in [-0.25, -0.2) is 0 Å². The van der Waals surface area contributed by atoms with Crippen molar-refractivity contribution in [3.8, 4) is 0 Å². The molecule has 1 heterocycles. The fraction of sp³-hybridized carbons (Fsp3) is 0.600. The van der Waals surface area contributed by atoms with Crippen LogP contribution in [-0.2, 0) is 12.7 Å². The van der Waals surface area contributed by atoms with Gasteiger partial charge in [-0.3, -0.25) is 4.90 Å². The number of hydrogen-bond acceptors (Lipinski definition) is 2. The van der Waals surface area contributed by atoms with Crippen LogP contribution in [0.2, 0.25) is 0 Å². The molecule has 1 fully saturated rings. The Hall–Kier alpha value is -1.07. The lowest BCUT2D eigenvalue weighted by Crippen LogP contribution is -2.35. The molecule has 2 nitrogen and oxygen atoms in total. The first-order valence-corrected chi connectivity index (χ1v) is 7.16. The average Bonchev–Trinajstić information content (AvgIpc) is 3.03. The third-order valence-electron chi connectivity index (χ3n) is 4.60. The lowest BCUT2D eigenvalue weighted by Gasteiger charge is -2.30. The van der Waals surface area contributed by atoms with Gasteiger partial charge in [0.05, 0.1) is 5.56 Å². The van der Waals surface area contributed by atoms with E-state index >= 15 is 0 Å². The quantitative estimate of drug-likeness (QED) is 0.901. The number of benzene rings is 1. The number of fused-ring (bicyclic) bond motifs is 1. The lowest BCUT2D eigenvalue weighted by molar-refractivity contribution is -0.137. The minimum Gasteiger partial charge on any atom is -0.329 e. The van der Waals surface area contributed by atoms with Gasteiger partial charge in [0.1, 0.15) is 0 Å². The van der Waals surface area contributed by atoms with Gasteiger partial charge in [0, 0.05) is 25.2 Å². The molecule has 1 aliphatic heterocycles. The minimum absolute atomic E-state index is 0.0598. The van der Waals surface area contributed by atoms with E-state index in [2.05, 4.69) is 4.90 Å². The Kier molecular flexibility index (Phi) is 3.50. The van der Waals surface area contributed by atoms with Gasteiger partial charge in [-0.05, 0) is 36.1 Å². The summed E-state index contributed by atoms with van der Waals surface area (Å²) >= 11 is 0. The molecule has 0 bridgehead atoms. The predicted octanol–water partition coefficient (Wildman–Crippen LogP) is 3.46. The van der Waals surface area contributed by atoms with Crippen molar-refractivity contribution >= 4 is 0 Å². The molecule has 1 aromatic rings. The van der Waals surface area contributed by atoms with Gasteiger partial charge in [-0.2, -0.15) is 13.2 Å². The molecule has 1 atom stereocenters. The number of nitrogens with zero attached hydrogens (tertiary/aromatic N) is 1. The van der Waals surface area contributed by atoms with Crippen molar-refractivity contribution in [2.75, 3.05) is 6.54 Å². The molecular formula is C15H19F3N2. The Bertz CT molecular complexity index is 492. The molecule has 20 heavy (non-hydrogen) atoms. The first kappa shape index (κ1) is 13.9. The van der Waals surface area contributed by atoms with Crippen LogP contribution in [0.3, 0.4) is 0 Å². The smallest absolute Gasteiger partial charge is 0.329 e. The van der Waals surface area contributed by atoms with Gasteiger partial charge >= 0.3 is 6.18 Å². The summed E-state index contributed by atoms with van der Waals surface area (Å²) in [5, 5.41) is 0. The van der Waals surface area contributed by atoms with Gasteiger partial charge < -0.3 is 5.73 Å². The summed E-state index contributed by atoms with van der Waals surface area (Å²) in [6.45, 7) is 1.12. The van der Waals surface area contributed by atoms with Crippen LogP contribution in [0.5, 0.6) is 0 Å². The number of nitrogens with two attached hydrogens (primary N) is 1. The van der Waals surface area contributed by atoms with E-state index in [0.29, 0.717) is 12.6 Å². The second-order valence-electron chi connectivity index (χ2n) is 5.77. The summed E-state index contributed by atoms with van der Waals surface area (Å²) in [6.07, 6.45) is 0.410. The zero-order valence-corrected chi connectivity index (χ0v) is 11.3. The van der Waals surface area contributed by atoms with E-state index in [1.165, 1.54) is 25.0 Å². The van der Waals surface area contributed by atoms with Crippen LogP contribution in [0.4, 0.5) is 13.2 Å². The van der Waals surface area contributed by atoms with Gasteiger partial charge in [-0.1, -0.05) is 18.9 Å². The third kappa shape index (κ3) is 2.33. The van der Waals surface area contributed by atoms with E-state index in [4.69, 9.17) is 5.73 Å². The maximum Gasteiger partial charge on any atom is 0.416 e. The summed E-state index contributed by atoms with van der Waals surface area (Å²) in [6, 6.07) is 4.52. The molecule has 1 unspecified atom stereocenters. The Labute approximate surface area is 116 Å². The predicted molar refractivity (Wildman–Crippen MR) is 71.0 cm³/mol. The summed E-state index contributed by atoms with van der Waals surface area (Å²) in [7, 11) is 0. The van der Waals surface area contributed by atoms with Crippen molar-refractivity contribution in [2.24, 2.45) is 5.73 Å². The van der Waals surface area contributed by atoms with Crippen LogP contribution in [0.1, 0.15) is 48.4 Å². The summed E-state index contributed by atoms with van der Waals surface area (Å²) in [4.78, 5) is 2.30. The average molecular weight is 284 g/mol. The van der Waals surface area contributed by atoms with Crippen LogP contribution in [-0.4, -0.2) is 17.5 Å². The highest BCUT2D eigenvalue weighted by Crippen LogP contribution is 2.41. The van der Waals surface area contributed by atoms with Crippen molar-refractivity contribution in [1.82, 2.24) is 4.90 Å². The van der Waals surface area contributed by atoms with Crippen molar-refractivity contribution in [2.45, 2.75) is 50.5 Å². The van der Waals surface area contributed by atoms with E-state index in [9.17, 15) is 13.2 Å². The Morgan fingerprint density at radius 3 is 2.50 bits per heavy atom. The normalized spacial score (nSPS) is 24.3. The second-order valence-corrected chi connectivity index (χ2v) is 5.77. The molecule has 0 spiro atoms. The Balaban J connectivity index is 1.92. The topological polar surface area (TPSA) is 29.3 Å². The molecule has 0 saturated heterocycles. The van der Waals surface area contributed by atoms with Crippen LogP contribution in [0, 0.1) is 0 Å². The molecule has 2 aliphatic rings. The minimum atomic E-state index is -4.28. The van der Waals surface area contributed by atoms with Crippen LogP contribution < -0.4 is 5.73 Å². The molecule has 2 N–H and O–H groups in total. The molecule has 0 radical (unpaired) electrons. The summed E-state index contributed by atoms with van der Waals surface area (Å²) in [5.41, 5.74) is 7.05. The maximum atomic E-state index is 12.8. The molecule has 1 aliphatic carbocycles. The highest BCUT2D eigenvalue weighted by atomic mass is 19.4. The highest BCUT2D eigenvalue weighted by molar-refractivity contribution is 5.39. The first-order valence-electron chi connectivity index (χ1n) is 7.16. The largest absolute Gasteiger partial charge is 0.416 e. The SMILES string of the molecule is NCC1c2cc(C(F)(F)F)ccc2CN1C1CCCC1. The number of rotatable bonds is 2. The van der Waals surface area contributed by atoms with Crippen molar-refractivity contribution in [1.29, 1.82) is 0 Å². The Morgan fingerprint density at radius 2 is 1.90 bits per heavy atom. The van der Waals surface area contributed by atoms with Crippen molar-refractivity contribution < 1.29 is 13.2 Å². The Morgan fingerprint density at radius 1 is 1.20 bits per heavy atom.